The number of esters is 1. The number of hydrogen-bond donors (Lipinski definition) is 1. The van der Waals surface area contributed by atoms with E-state index < -0.39 is 11.5 Å². The molecule has 1 aromatic heterocycles. The van der Waals surface area contributed by atoms with Gasteiger partial charge in [0.25, 0.3) is 0 Å². The normalized spacial score (nSPS) is 29.2. The molecule has 3 unspecified atom stereocenters. The molecule has 1 fully saturated rings. The molecule has 0 aliphatic carbocycles. The summed E-state index contributed by atoms with van der Waals surface area (Å²) in [5.74, 6) is 0.665. The van der Waals surface area contributed by atoms with E-state index >= 15 is 0 Å². The lowest BCUT2D eigenvalue weighted by atomic mass is 9.79. The monoisotopic (exact) mass is 539 g/mol. The number of aromatic nitrogens is 1. The Balaban J connectivity index is 0.00000316. The van der Waals surface area contributed by atoms with Crippen molar-refractivity contribution in [2.75, 3.05) is 6.26 Å². The van der Waals surface area contributed by atoms with Crippen molar-refractivity contribution in [3.63, 3.8) is 0 Å². The Kier molecular flexibility index (Phi) is 14.5. The molecule has 0 bridgehead atoms. The quantitative estimate of drug-likeness (QED) is 0.312. The number of aliphatic hydroxyl groups is 1. The van der Waals surface area contributed by atoms with Gasteiger partial charge in [-0.05, 0) is 61.8 Å². The van der Waals surface area contributed by atoms with E-state index in [0.29, 0.717) is 18.3 Å². The number of thioether (sulfide) groups is 1. The van der Waals surface area contributed by atoms with Gasteiger partial charge in [-0.25, -0.2) is 4.98 Å². The van der Waals surface area contributed by atoms with Crippen LogP contribution in [-0.2, 0) is 14.3 Å². The maximum Gasteiger partial charge on any atom is 0.306 e. The molecule has 2 rings (SSSR count). The second-order valence-electron chi connectivity index (χ2n) is 10.8. The van der Waals surface area contributed by atoms with Crippen LogP contribution >= 0.6 is 23.1 Å². The zero-order valence-electron chi connectivity index (χ0n) is 23.9. The smallest absolute Gasteiger partial charge is 0.306 e. The predicted octanol–water partition coefficient (Wildman–Crippen LogP) is 7.82. The Morgan fingerprint density at radius 3 is 2.42 bits per heavy atom. The first-order valence-electron chi connectivity index (χ1n) is 13.5. The van der Waals surface area contributed by atoms with Gasteiger partial charge in [0.2, 0.25) is 0 Å². The molecule has 1 N–H and O–H groups in total. The van der Waals surface area contributed by atoms with Gasteiger partial charge in [-0.1, -0.05) is 73.1 Å². The van der Waals surface area contributed by atoms with Gasteiger partial charge >= 0.3 is 5.97 Å². The summed E-state index contributed by atoms with van der Waals surface area (Å²) in [6, 6.07) is 0. The zero-order valence-corrected chi connectivity index (χ0v) is 25.6. The van der Waals surface area contributed by atoms with Crippen molar-refractivity contribution in [3.05, 3.63) is 16.6 Å². The lowest BCUT2D eigenvalue weighted by Crippen LogP contribution is -2.32. The highest BCUT2D eigenvalue weighted by Gasteiger charge is 2.32. The summed E-state index contributed by atoms with van der Waals surface area (Å²) in [6.45, 7) is 16.3. The molecule has 1 saturated heterocycles. The molecule has 1 aromatic rings. The standard InChI is InChI=1S/C27H43NO4S2.C2H6/c1-17-9-8-10-18(2)22(29)15-24(30)27(5,6)12-11-25(31)32-23(14-19(17)3)20(4)13-21-16-34-26(28-21)33-7;1-2/h13,16-19,22-23,29H,8-12,14-15H2,1-7H3;1-2H3/b20-13+;/t17?,18-,19?,22+,23?;/m0./s1. The number of Topliss-reactive ketones (excluding diaryl/α,β-unsaturated/α-hetero) is 1. The van der Waals surface area contributed by atoms with Crippen molar-refractivity contribution in [1.82, 2.24) is 4.98 Å². The highest BCUT2D eigenvalue weighted by Crippen LogP contribution is 2.32. The highest BCUT2D eigenvalue weighted by atomic mass is 32.2. The van der Waals surface area contributed by atoms with Crippen LogP contribution in [0, 0.1) is 23.2 Å². The van der Waals surface area contributed by atoms with E-state index in [4.69, 9.17) is 4.74 Å². The van der Waals surface area contributed by atoms with Crippen molar-refractivity contribution in [1.29, 1.82) is 0 Å². The molecular formula is C29H49NO4S2. The lowest BCUT2D eigenvalue weighted by Gasteiger charge is -2.29. The first kappa shape index (κ1) is 32.8. The van der Waals surface area contributed by atoms with Crippen LogP contribution in [0.5, 0.6) is 0 Å². The average molecular weight is 540 g/mol. The van der Waals surface area contributed by atoms with Gasteiger partial charge in [-0.3, -0.25) is 9.59 Å². The Hall–Kier alpha value is -1.18. The summed E-state index contributed by atoms with van der Waals surface area (Å²) >= 11 is 3.24. The van der Waals surface area contributed by atoms with E-state index in [1.165, 1.54) is 0 Å². The Morgan fingerprint density at radius 2 is 1.81 bits per heavy atom. The summed E-state index contributed by atoms with van der Waals surface area (Å²) in [5.41, 5.74) is 1.22. The third kappa shape index (κ3) is 10.7. The van der Waals surface area contributed by atoms with Crippen LogP contribution < -0.4 is 0 Å². The zero-order chi connectivity index (χ0) is 27.5. The van der Waals surface area contributed by atoms with Crippen molar-refractivity contribution in [2.24, 2.45) is 23.2 Å². The second kappa shape index (κ2) is 15.9. The molecule has 0 spiro atoms. The summed E-state index contributed by atoms with van der Waals surface area (Å²) in [7, 11) is 0. The summed E-state index contributed by atoms with van der Waals surface area (Å²) in [4.78, 5) is 30.3. The third-order valence-corrected chi connectivity index (χ3v) is 9.35. The van der Waals surface area contributed by atoms with Gasteiger partial charge in [-0.15, -0.1) is 11.3 Å². The second-order valence-corrected chi connectivity index (χ2v) is 12.7. The number of ketones is 1. The van der Waals surface area contributed by atoms with Gasteiger partial charge in [-0.2, -0.15) is 0 Å². The molecule has 0 saturated carbocycles. The minimum atomic E-state index is -0.673. The Labute approximate surface area is 227 Å². The number of aliphatic hydroxyl groups excluding tert-OH is 1. The van der Waals surface area contributed by atoms with Crippen molar-refractivity contribution >= 4 is 40.9 Å². The minimum Gasteiger partial charge on any atom is -0.458 e. The van der Waals surface area contributed by atoms with E-state index in [2.05, 4.69) is 18.8 Å². The molecule has 5 atom stereocenters. The Morgan fingerprint density at radius 1 is 1.17 bits per heavy atom. The number of ether oxygens (including phenoxy) is 1. The number of carbonyl (C=O) groups is 2. The largest absolute Gasteiger partial charge is 0.458 e. The first-order valence-corrected chi connectivity index (χ1v) is 15.6. The lowest BCUT2D eigenvalue weighted by molar-refractivity contribution is -0.149. The molecule has 0 aromatic carbocycles. The number of nitrogens with zero attached hydrogens (tertiary/aromatic N) is 1. The summed E-state index contributed by atoms with van der Waals surface area (Å²) in [6.07, 6.45) is 7.57. The van der Waals surface area contributed by atoms with Crippen LogP contribution in [0.4, 0.5) is 0 Å². The molecule has 0 amide bonds. The number of hydrogen-bond acceptors (Lipinski definition) is 7. The predicted molar refractivity (Wildman–Crippen MR) is 153 cm³/mol. The van der Waals surface area contributed by atoms with Gasteiger partial charge in [0, 0.05) is 23.6 Å². The number of thiazole rings is 1. The van der Waals surface area contributed by atoms with Crippen LogP contribution in [0.25, 0.3) is 6.08 Å². The first-order chi connectivity index (χ1) is 16.9. The molecule has 0 radical (unpaired) electrons. The fourth-order valence-electron chi connectivity index (χ4n) is 4.33. The van der Waals surface area contributed by atoms with Crippen molar-refractivity contribution in [3.8, 4) is 0 Å². The fourth-order valence-corrected chi connectivity index (χ4v) is 5.56. The van der Waals surface area contributed by atoms with Crippen LogP contribution in [0.3, 0.4) is 0 Å². The van der Waals surface area contributed by atoms with Gasteiger partial charge in [0.1, 0.15) is 16.2 Å². The summed E-state index contributed by atoms with van der Waals surface area (Å²) < 4.78 is 7.02. The molecule has 7 heteroatoms. The molecule has 206 valence electrons. The van der Waals surface area contributed by atoms with Gasteiger partial charge < -0.3 is 9.84 Å². The van der Waals surface area contributed by atoms with E-state index in [-0.39, 0.29) is 36.6 Å². The third-order valence-electron chi connectivity index (χ3n) is 7.47. The van der Waals surface area contributed by atoms with Crippen molar-refractivity contribution < 1.29 is 19.4 Å². The molecular weight excluding hydrogens is 490 g/mol. The van der Waals surface area contributed by atoms with E-state index in [1.807, 2.05) is 59.3 Å². The molecule has 5 nitrogen and oxygen atoms in total. The van der Waals surface area contributed by atoms with Crippen LogP contribution in [0.1, 0.15) is 106 Å². The maximum atomic E-state index is 12.9. The SMILES string of the molecule is CC.CSc1nc(/C=C(\C)C2CC(C)C(C)CCC[C@H](C)[C@H](O)CC(=O)C(C)(C)CCC(=O)O2)cs1. The van der Waals surface area contributed by atoms with Crippen LogP contribution in [-0.4, -0.2) is 40.3 Å². The fraction of sp³-hybridized carbons (Fsp3) is 0.759. The number of cyclic esters (lactones) is 1. The Bertz CT molecular complexity index is 848. The van der Waals surface area contributed by atoms with Gasteiger partial charge in [0.15, 0.2) is 0 Å². The maximum absolute atomic E-state index is 12.9. The number of rotatable bonds is 3. The minimum absolute atomic E-state index is 0.00879. The van der Waals surface area contributed by atoms with E-state index in [0.717, 1.165) is 41.3 Å². The van der Waals surface area contributed by atoms with Crippen LogP contribution in [0.15, 0.2) is 15.3 Å². The molecule has 1 aliphatic heterocycles. The van der Waals surface area contributed by atoms with E-state index in [1.54, 1.807) is 23.1 Å². The average Bonchev–Trinajstić information content (AvgIpc) is 3.30. The van der Waals surface area contributed by atoms with Crippen molar-refractivity contribution in [2.45, 2.75) is 117 Å². The highest BCUT2D eigenvalue weighted by molar-refractivity contribution is 8.00. The molecule has 1 aliphatic rings. The topological polar surface area (TPSA) is 76.5 Å². The molecule has 36 heavy (non-hydrogen) atoms. The van der Waals surface area contributed by atoms with Gasteiger partial charge in [0.05, 0.1) is 11.8 Å². The number of carbonyl (C=O) groups excluding carboxylic acids is 2. The van der Waals surface area contributed by atoms with E-state index in [9.17, 15) is 14.7 Å². The molecule has 2 heterocycles. The summed E-state index contributed by atoms with van der Waals surface area (Å²) in [5, 5.41) is 12.6. The van der Waals surface area contributed by atoms with Crippen LogP contribution in [0.2, 0.25) is 0 Å².